The summed E-state index contributed by atoms with van der Waals surface area (Å²) in [6, 6.07) is 10.0. The summed E-state index contributed by atoms with van der Waals surface area (Å²) in [5.74, 6) is 0.893. The monoisotopic (exact) mass is 314 g/mol. The van der Waals surface area contributed by atoms with Gasteiger partial charge in [0.25, 0.3) is 0 Å². The molecule has 0 N–H and O–H groups in total. The summed E-state index contributed by atoms with van der Waals surface area (Å²) in [6.45, 7) is 4.15. The Morgan fingerprint density at radius 1 is 1.23 bits per heavy atom. The highest BCUT2D eigenvalue weighted by molar-refractivity contribution is 7.17. The number of rotatable bonds is 5. The van der Waals surface area contributed by atoms with Crippen LogP contribution in [-0.4, -0.2) is 36.3 Å². The molecule has 0 atom stereocenters. The van der Waals surface area contributed by atoms with E-state index in [1.54, 1.807) is 11.3 Å². The molecule has 0 saturated carbocycles. The number of hydrogen-bond donors (Lipinski definition) is 0. The predicted molar refractivity (Wildman–Crippen MR) is 88.5 cm³/mol. The first-order valence-electron chi connectivity index (χ1n) is 7.68. The summed E-state index contributed by atoms with van der Waals surface area (Å²) in [4.78, 5) is 2.46. The SMILES string of the molecule is c1cc(OCCN2CCCC2)cc(-c2noc3ccsc23)c1. The van der Waals surface area contributed by atoms with Crippen LogP contribution in [0.1, 0.15) is 12.8 Å². The number of nitrogens with zero attached hydrogens (tertiary/aromatic N) is 2. The molecule has 1 aliphatic heterocycles. The normalized spacial score (nSPS) is 15.6. The van der Waals surface area contributed by atoms with Gasteiger partial charge in [-0.25, -0.2) is 0 Å². The van der Waals surface area contributed by atoms with E-state index in [-0.39, 0.29) is 0 Å². The van der Waals surface area contributed by atoms with Crippen molar-refractivity contribution in [2.75, 3.05) is 26.2 Å². The topological polar surface area (TPSA) is 38.5 Å². The van der Waals surface area contributed by atoms with Crippen molar-refractivity contribution >= 4 is 21.6 Å². The summed E-state index contributed by atoms with van der Waals surface area (Å²) in [6.07, 6.45) is 2.64. The van der Waals surface area contributed by atoms with Crippen LogP contribution in [0.4, 0.5) is 0 Å². The van der Waals surface area contributed by atoms with Gasteiger partial charge in [0.2, 0.25) is 0 Å². The zero-order chi connectivity index (χ0) is 14.8. The fourth-order valence-corrected chi connectivity index (χ4v) is 3.71. The van der Waals surface area contributed by atoms with Crippen molar-refractivity contribution in [3.63, 3.8) is 0 Å². The van der Waals surface area contributed by atoms with Gasteiger partial charge < -0.3 is 9.26 Å². The van der Waals surface area contributed by atoms with Gasteiger partial charge in [0.1, 0.15) is 22.8 Å². The third-order valence-electron chi connectivity index (χ3n) is 4.06. The Labute approximate surface area is 133 Å². The second-order valence-electron chi connectivity index (χ2n) is 5.57. The van der Waals surface area contributed by atoms with Gasteiger partial charge >= 0.3 is 0 Å². The van der Waals surface area contributed by atoms with Gasteiger partial charge in [-0.1, -0.05) is 17.3 Å². The van der Waals surface area contributed by atoms with Crippen LogP contribution >= 0.6 is 11.3 Å². The minimum Gasteiger partial charge on any atom is -0.492 e. The van der Waals surface area contributed by atoms with Crippen LogP contribution in [0.2, 0.25) is 0 Å². The number of thiophene rings is 1. The van der Waals surface area contributed by atoms with Gasteiger partial charge in [-0.15, -0.1) is 11.3 Å². The van der Waals surface area contributed by atoms with E-state index in [4.69, 9.17) is 9.26 Å². The number of benzene rings is 1. The minimum absolute atomic E-state index is 0.733. The first-order valence-corrected chi connectivity index (χ1v) is 8.56. The molecule has 0 unspecified atom stereocenters. The molecule has 0 bridgehead atoms. The van der Waals surface area contributed by atoms with Gasteiger partial charge in [0, 0.05) is 12.1 Å². The lowest BCUT2D eigenvalue weighted by molar-refractivity contribution is 0.238. The molecule has 1 aliphatic rings. The minimum atomic E-state index is 0.733. The van der Waals surface area contributed by atoms with Crippen molar-refractivity contribution in [2.45, 2.75) is 12.8 Å². The molecule has 0 radical (unpaired) electrons. The lowest BCUT2D eigenvalue weighted by Crippen LogP contribution is -2.25. The van der Waals surface area contributed by atoms with Crippen LogP contribution in [0.25, 0.3) is 21.5 Å². The fraction of sp³-hybridized carbons (Fsp3) is 0.353. The summed E-state index contributed by atoms with van der Waals surface area (Å²) < 4.78 is 12.3. The van der Waals surface area contributed by atoms with Crippen molar-refractivity contribution < 1.29 is 9.26 Å². The number of fused-ring (bicyclic) bond motifs is 1. The average Bonchev–Trinajstić information content (AvgIpc) is 3.25. The molecule has 1 saturated heterocycles. The van der Waals surface area contributed by atoms with Crippen molar-refractivity contribution in [3.8, 4) is 17.0 Å². The molecule has 3 heterocycles. The standard InChI is InChI=1S/C17H18N2O2S/c1-2-8-19(7-1)9-10-20-14-5-3-4-13(12-14)16-17-15(21-18-16)6-11-22-17/h3-6,11-12H,1-2,7-10H2. The Hall–Kier alpha value is -1.85. The molecular formula is C17H18N2O2S. The van der Waals surface area contributed by atoms with E-state index in [0.29, 0.717) is 0 Å². The van der Waals surface area contributed by atoms with Gasteiger partial charge in [-0.2, -0.15) is 0 Å². The van der Waals surface area contributed by atoms with Crippen molar-refractivity contribution in [1.82, 2.24) is 10.1 Å². The summed E-state index contributed by atoms with van der Waals surface area (Å²) in [5, 5.41) is 6.21. The Bertz CT molecular complexity index is 759. The second kappa shape index (κ2) is 6.10. The van der Waals surface area contributed by atoms with Crippen molar-refractivity contribution in [2.24, 2.45) is 0 Å². The van der Waals surface area contributed by atoms with Crippen LogP contribution in [0, 0.1) is 0 Å². The lowest BCUT2D eigenvalue weighted by Gasteiger charge is -2.15. The zero-order valence-corrected chi connectivity index (χ0v) is 13.1. The molecule has 5 heteroatoms. The Morgan fingerprint density at radius 3 is 3.05 bits per heavy atom. The number of likely N-dealkylation sites (tertiary alicyclic amines) is 1. The summed E-state index contributed by atoms with van der Waals surface area (Å²) in [7, 11) is 0. The molecular weight excluding hydrogens is 296 g/mol. The van der Waals surface area contributed by atoms with E-state index in [1.165, 1.54) is 25.9 Å². The number of hydrogen-bond acceptors (Lipinski definition) is 5. The maximum atomic E-state index is 5.90. The smallest absolute Gasteiger partial charge is 0.178 e. The van der Waals surface area contributed by atoms with Gasteiger partial charge in [-0.05, 0) is 49.5 Å². The van der Waals surface area contributed by atoms with Gasteiger partial charge in [-0.3, -0.25) is 4.90 Å². The first kappa shape index (κ1) is 13.8. The maximum Gasteiger partial charge on any atom is 0.178 e. The fourth-order valence-electron chi connectivity index (χ4n) is 2.89. The third kappa shape index (κ3) is 2.74. The Morgan fingerprint density at radius 2 is 2.14 bits per heavy atom. The van der Waals surface area contributed by atoms with E-state index < -0.39 is 0 Å². The molecule has 4 rings (SSSR count). The van der Waals surface area contributed by atoms with E-state index in [1.807, 2.05) is 35.7 Å². The van der Waals surface area contributed by atoms with Crippen LogP contribution in [0.3, 0.4) is 0 Å². The predicted octanol–water partition coefficient (Wildman–Crippen LogP) is 4.03. The third-order valence-corrected chi connectivity index (χ3v) is 4.96. The molecule has 22 heavy (non-hydrogen) atoms. The lowest BCUT2D eigenvalue weighted by atomic mass is 10.1. The largest absolute Gasteiger partial charge is 0.492 e. The highest BCUT2D eigenvalue weighted by Crippen LogP contribution is 2.33. The molecule has 3 aromatic rings. The number of ether oxygens (including phenoxy) is 1. The first-order chi connectivity index (χ1) is 10.9. The van der Waals surface area contributed by atoms with E-state index in [2.05, 4.69) is 10.1 Å². The molecule has 1 aromatic carbocycles. The molecule has 4 nitrogen and oxygen atoms in total. The van der Waals surface area contributed by atoms with E-state index in [0.717, 1.165) is 40.4 Å². The Balaban J connectivity index is 1.47. The van der Waals surface area contributed by atoms with Crippen LogP contribution in [0.15, 0.2) is 40.2 Å². The molecule has 114 valence electrons. The van der Waals surface area contributed by atoms with Gasteiger partial charge in [0.15, 0.2) is 5.58 Å². The zero-order valence-electron chi connectivity index (χ0n) is 12.3. The van der Waals surface area contributed by atoms with Crippen molar-refractivity contribution in [3.05, 3.63) is 35.7 Å². The van der Waals surface area contributed by atoms with Crippen LogP contribution < -0.4 is 4.74 Å². The van der Waals surface area contributed by atoms with Crippen LogP contribution in [0.5, 0.6) is 5.75 Å². The average molecular weight is 314 g/mol. The van der Waals surface area contributed by atoms with Crippen LogP contribution in [-0.2, 0) is 0 Å². The van der Waals surface area contributed by atoms with E-state index in [9.17, 15) is 0 Å². The summed E-state index contributed by atoms with van der Waals surface area (Å²) in [5.41, 5.74) is 2.79. The maximum absolute atomic E-state index is 5.90. The summed E-state index contributed by atoms with van der Waals surface area (Å²) >= 11 is 1.65. The highest BCUT2D eigenvalue weighted by atomic mass is 32.1. The number of aromatic nitrogens is 1. The molecule has 0 aliphatic carbocycles. The van der Waals surface area contributed by atoms with Crippen molar-refractivity contribution in [1.29, 1.82) is 0 Å². The molecule has 0 spiro atoms. The Kier molecular flexibility index (Phi) is 3.83. The quantitative estimate of drug-likeness (QED) is 0.712. The molecule has 2 aromatic heterocycles. The highest BCUT2D eigenvalue weighted by Gasteiger charge is 2.13. The second-order valence-corrected chi connectivity index (χ2v) is 6.49. The molecule has 1 fully saturated rings. The van der Waals surface area contributed by atoms with E-state index >= 15 is 0 Å². The molecule has 0 amide bonds. The van der Waals surface area contributed by atoms with Gasteiger partial charge in [0.05, 0.1) is 0 Å².